The van der Waals surface area contributed by atoms with Gasteiger partial charge in [0.05, 0.1) is 5.69 Å². The minimum absolute atomic E-state index is 0.0903. The van der Waals surface area contributed by atoms with E-state index >= 15 is 0 Å². The first-order chi connectivity index (χ1) is 5.22. The number of rotatable bonds is 3. The Morgan fingerprint density at radius 2 is 2.55 bits per heavy atom. The Kier molecular flexibility index (Phi) is 2.25. The summed E-state index contributed by atoms with van der Waals surface area (Å²) in [5, 5.41) is 12.0. The lowest BCUT2D eigenvalue weighted by atomic mass is 10.3. The van der Waals surface area contributed by atoms with E-state index in [4.69, 9.17) is 9.63 Å². The van der Waals surface area contributed by atoms with Gasteiger partial charge in [0.1, 0.15) is 12.2 Å². The van der Waals surface area contributed by atoms with Crippen molar-refractivity contribution in [3.05, 3.63) is 17.5 Å². The molecular formula is C7H9NO3. The highest BCUT2D eigenvalue weighted by molar-refractivity contribution is 5.69. The van der Waals surface area contributed by atoms with Gasteiger partial charge in [-0.05, 0) is 6.42 Å². The van der Waals surface area contributed by atoms with Crippen molar-refractivity contribution in [1.29, 1.82) is 0 Å². The Morgan fingerprint density at radius 1 is 1.82 bits per heavy atom. The van der Waals surface area contributed by atoms with Crippen molar-refractivity contribution in [3.63, 3.8) is 0 Å². The average Bonchev–Trinajstić information content (AvgIpc) is 2.34. The standard InChI is InChI=1S/C7H9NO3/c1-2-5-3-6(11-8-5)4-7(9)10/h3H,2,4H2,1H3,(H,9,10). The van der Waals surface area contributed by atoms with Crippen LogP contribution in [0.5, 0.6) is 0 Å². The molecule has 0 fully saturated rings. The molecule has 4 heteroatoms. The van der Waals surface area contributed by atoms with E-state index in [-0.39, 0.29) is 6.42 Å². The van der Waals surface area contributed by atoms with Crippen LogP contribution in [0.15, 0.2) is 10.6 Å². The lowest BCUT2D eigenvalue weighted by Crippen LogP contribution is -1.97. The van der Waals surface area contributed by atoms with Gasteiger partial charge in [-0.1, -0.05) is 12.1 Å². The Labute approximate surface area is 63.8 Å². The van der Waals surface area contributed by atoms with Crippen LogP contribution in [0.2, 0.25) is 0 Å². The maximum Gasteiger partial charge on any atom is 0.311 e. The van der Waals surface area contributed by atoms with Crippen LogP contribution in [-0.4, -0.2) is 16.2 Å². The van der Waals surface area contributed by atoms with E-state index in [9.17, 15) is 4.79 Å². The van der Waals surface area contributed by atoms with Crippen molar-refractivity contribution in [1.82, 2.24) is 5.16 Å². The zero-order valence-electron chi connectivity index (χ0n) is 6.20. The minimum Gasteiger partial charge on any atom is -0.481 e. The first-order valence-corrected chi connectivity index (χ1v) is 3.38. The molecule has 1 aromatic heterocycles. The third-order valence-corrected chi connectivity index (χ3v) is 1.30. The molecule has 0 amide bonds. The van der Waals surface area contributed by atoms with Crippen LogP contribution in [0.25, 0.3) is 0 Å². The normalized spacial score (nSPS) is 9.91. The van der Waals surface area contributed by atoms with E-state index in [1.165, 1.54) is 0 Å². The van der Waals surface area contributed by atoms with E-state index in [2.05, 4.69) is 5.16 Å². The lowest BCUT2D eigenvalue weighted by molar-refractivity contribution is -0.136. The van der Waals surface area contributed by atoms with Gasteiger partial charge < -0.3 is 9.63 Å². The molecule has 0 spiro atoms. The van der Waals surface area contributed by atoms with Crippen LogP contribution in [-0.2, 0) is 17.6 Å². The molecule has 1 aromatic rings. The molecule has 0 aromatic carbocycles. The molecule has 0 aliphatic rings. The number of hydrogen-bond acceptors (Lipinski definition) is 3. The van der Waals surface area contributed by atoms with Crippen LogP contribution in [0, 0.1) is 0 Å². The number of carbonyl (C=O) groups is 1. The summed E-state index contributed by atoms with van der Waals surface area (Å²) in [5.74, 6) is -0.488. The van der Waals surface area contributed by atoms with Crippen molar-refractivity contribution >= 4 is 5.97 Å². The van der Waals surface area contributed by atoms with Gasteiger partial charge in [0, 0.05) is 6.07 Å². The molecule has 0 saturated carbocycles. The highest BCUT2D eigenvalue weighted by Crippen LogP contribution is 2.04. The largest absolute Gasteiger partial charge is 0.481 e. The third-order valence-electron chi connectivity index (χ3n) is 1.30. The Bertz CT molecular complexity index is 254. The zero-order chi connectivity index (χ0) is 8.27. The molecule has 4 nitrogen and oxygen atoms in total. The van der Waals surface area contributed by atoms with Gasteiger partial charge in [-0.15, -0.1) is 0 Å². The van der Waals surface area contributed by atoms with Crippen LogP contribution in [0.4, 0.5) is 0 Å². The summed E-state index contributed by atoms with van der Waals surface area (Å²) in [7, 11) is 0. The van der Waals surface area contributed by atoms with Gasteiger partial charge in [-0.2, -0.15) is 0 Å². The zero-order valence-corrected chi connectivity index (χ0v) is 6.20. The molecule has 0 atom stereocenters. The molecule has 11 heavy (non-hydrogen) atoms. The summed E-state index contributed by atoms with van der Waals surface area (Å²) in [4.78, 5) is 10.2. The Morgan fingerprint density at radius 3 is 3.00 bits per heavy atom. The van der Waals surface area contributed by atoms with Crippen molar-refractivity contribution < 1.29 is 14.4 Å². The molecule has 1 rings (SSSR count). The second kappa shape index (κ2) is 3.18. The molecule has 0 bridgehead atoms. The number of aryl methyl sites for hydroxylation is 1. The Hall–Kier alpha value is -1.32. The van der Waals surface area contributed by atoms with Crippen LogP contribution >= 0.6 is 0 Å². The monoisotopic (exact) mass is 155 g/mol. The van der Waals surface area contributed by atoms with Gasteiger partial charge in [-0.25, -0.2) is 0 Å². The van der Waals surface area contributed by atoms with Crippen molar-refractivity contribution in [2.45, 2.75) is 19.8 Å². The first-order valence-electron chi connectivity index (χ1n) is 3.38. The lowest BCUT2D eigenvalue weighted by Gasteiger charge is -1.83. The summed E-state index contributed by atoms with van der Waals surface area (Å²) in [5.41, 5.74) is 0.793. The van der Waals surface area contributed by atoms with E-state index in [0.29, 0.717) is 5.76 Å². The fourth-order valence-electron chi connectivity index (χ4n) is 0.755. The van der Waals surface area contributed by atoms with Gasteiger partial charge in [0.2, 0.25) is 0 Å². The fraction of sp³-hybridized carbons (Fsp3) is 0.429. The van der Waals surface area contributed by atoms with E-state index < -0.39 is 5.97 Å². The van der Waals surface area contributed by atoms with Gasteiger partial charge >= 0.3 is 5.97 Å². The maximum atomic E-state index is 10.2. The molecule has 1 heterocycles. The Balaban J connectivity index is 2.65. The summed E-state index contributed by atoms with van der Waals surface area (Å²) in [6.45, 7) is 1.93. The fourth-order valence-corrected chi connectivity index (χ4v) is 0.755. The van der Waals surface area contributed by atoms with Crippen LogP contribution in [0.3, 0.4) is 0 Å². The number of aliphatic carboxylic acids is 1. The van der Waals surface area contributed by atoms with Crippen molar-refractivity contribution in [3.8, 4) is 0 Å². The highest BCUT2D eigenvalue weighted by atomic mass is 16.5. The second-order valence-corrected chi connectivity index (χ2v) is 2.21. The predicted molar refractivity (Wildman–Crippen MR) is 37.2 cm³/mol. The summed E-state index contributed by atoms with van der Waals surface area (Å²) >= 11 is 0. The highest BCUT2D eigenvalue weighted by Gasteiger charge is 2.05. The summed E-state index contributed by atoms with van der Waals surface area (Å²) in [6, 6.07) is 1.66. The van der Waals surface area contributed by atoms with Crippen LogP contribution in [0.1, 0.15) is 18.4 Å². The SMILES string of the molecule is CCc1cc(CC(=O)O)on1. The molecule has 0 saturated heterocycles. The number of hydrogen-bond donors (Lipinski definition) is 1. The minimum atomic E-state index is -0.899. The quantitative estimate of drug-likeness (QED) is 0.703. The first kappa shape index (κ1) is 7.78. The predicted octanol–water partition coefficient (Wildman–Crippen LogP) is 0.864. The second-order valence-electron chi connectivity index (χ2n) is 2.21. The smallest absolute Gasteiger partial charge is 0.311 e. The topological polar surface area (TPSA) is 63.3 Å². The molecule has 0 radical (unpaired) electrons. The van der Waals surface area contributed by atoms with Gasteiger partial charge in [0.15, 0.2) is 0 Å². The third kappa shape index (κ3) is 2.07. The molecule has 0 unspecified atom stereocenters. The van der Waals surface area contributed by atoms with E-state index in [0.717, 1.165) is 12.1 Å². The molecule has 0 aliphatic heterocycles. The van der Waals surface area contributed by atoms with Gasteiger partial charge in [-0.3, -0.25) is 4.79 Å². The number of nitrogens with zero attached hydrogens (tertiary/aromatic N) is 1. The van der Waals surface area contributed by atoms with Crippen molar-refractivity contribution in [2.24, 2.45) is 0 Å². The maximum absolute atomic E-state index is 10.2. The van der Waals surface area contributed by atoms with Crippen LogP contribution < -0.4 is 0 Å². The summed E-state index contributed by atoms with van der Waals surface area (Å²) < 4.78 is 4.74. The molecule has 1 N–H and O–H groups in total. The van der Waals surface area contributed by atoms with Crippen molar-refractivity contribution in [2.75, 3.05) is 0 Å². The molecule has 0 aliphatic carbocycles. The average molecular weight is 155 g/mol. The van der Waals surface area contributed by atoms with E-state index in [1.807, 2.05) is 6.92 Å². The number of carboxylic acids is 1. The summed E-state index contributed by atoms with van der Waals surface area (Å²) in [6.07, 6.45) is 0.677. The molecule has 60 valence electrons. The molecular weight excluding hydrogens is 146 g/mol. The number of carboxylic acid groups (broad SMARTS) is 1. The van der Waals surface area contributed by atoms with E-state index in [1.54, 1.807) is 6.07 Å². The van der Waals surface area contributed by atoms with Gasteiger partial charge in [0.25, 0.3) is 0 Å². The number of aromatic nitrogens is 1.